The summed E-state index contributed by atoms with van der Waals surface area (Å²) in [7, 11) is 2.17. The summed E-state index contributed by atoms with van der Waals surface area (Å²) in [5.74, 6) is 0.845. The van der Waals surface area contributed by atoms with Gasteiger partial charge in [-0.05, 0) is 49.4 Å². The van der Waals surface area contributed by atoms with E-state index in [0.717, 1.165) is 55.7 Å². The fraction of sp³-hybridized carbons (Fsp3) is 0.346. The second kappa shape index (κ2) is 9.19. The number of nitrogens with one attached hydrogen (secondary N) is 1. The van der Waals surface area contributed by atoms with E-state index in [-0.39, 0.29) is 11.8 Å². The largest absolute Gasteiger partial charge is 0.369 e. The van der Waals surface area contributed by atoms with Crippen LogP contribution in [0, 0.1) is 0 Å². The van der Waals surface area contributed by atoms with Crippen LogP contribution in [0.5, 0.6) is 0 Å². The van der Waals surface area contributed by atoms with Crippen molar-refractivity contribution in [2.75, 3.05) is 56.5 Å². The van der Waals surface area contributed by atoms with Crippen LogP contribution >= 0.6 is 0 Å². The topological polar surface area (TPSA) is 64.6 Å². The molecule has 1 aromatic heterocycles. The summed E-state index contributed by atoms with van der Waals surface area (Å²) >= 11 is 0. The molecule has 1 amide bonds. The van der Waals surface area contributed by atoms with Gasteiger partial charge in [0.1, 0.15) is 0 Å². The van der Waals surface area contributed by atoms with Crippen LogP contribution in [0.1, 0.15) is 17.9 Å². The minimum atomic E-state index is -0.00487. The zero-order valence-corrected chi connectivity index (χ0v) is 19.1. The Morgan fingerprint density at radius 1 is 1.09 bits per heavy atom. The molecule has 2 fully saturated rings. The molecule has 0 spiro atoms. The van der Waals surface area contributed by atoms with Crippen molar-refractivity contribution < 1.29 is 4.79 Å². The van der Waals surface area contributed by atoms with E-state index < -0.39 is 0 Å². The maximum Gasteiger partial charge on any atom is 0.245 e. The van der Waals surface area contributed by atoms with Gasteiger partial charge in [0.15, 0.2) is 0 Å². The smallest absolute Gasteiger partial charge is 0.245 e. The van der Waals surface area contributed by atoms with Crippen molar-refractivity contribution in [2.24, 2.45) is 0 Å². The first kappa shape index (κ1) is 21.4. The highest BCUT2D eigenvalue weighted by Crippen LogP contribution is 2.32. The predicted octanol–water partition coefficient (Wildman–Crippen LogP) is 3.63. The molecular weight excluding hydrogens is 412 g/mol. The van der Waals surface area contributed by atoms with Crippen LogP contribution in [0.2, 0.25) is 0 Å². The van der Waals surface area contributed by atoms with Gasteiger partial charge in [0, 0.05) is 68.1 Å². The van der Waals surface area contributed by atoms with Crippen LogP contribution in [0.25, 0.3) is 10.9 Å². The standard InChI is InChI=1S/C26H30N6O/c1-3-24(33)32-12-11-20(18-32)23-6-4-5-19-17-27-26(29-25(19)23)28-21-7-9-22(10-8-21)31-15-13-30(2)14-16-31/h3-10,17,20H,1,11-16,18H2,2H3,(H,27,28,29)/t20-/m1/s1. The van der Waals surface area contributed by atoms with E-state index in [1.54, 1.807) is 0 Å². The Morgan fingerprint density at radius 3 is 2.64 bits per heavy atom. The Hall–Kier alpha value is -3.45. The summed E-state index contributed by atoms with van der Waals surface area (Å²) in [6.45, 7) is 9.35. The highest BCUT2D eigenvalue weighted by Gasteiger charge is 2.27. The molecule has 2 saturated heterocycles. The van der Waals surface area contributed by atoms with Crippen LogP contribution in [0.4, 0.5) is 17.3 Å². The zero-order chi connectivity index (χ0) is 22.8. The van der Waals surface area contributed by atoms with Gasteiger partial charge >= 0.3 is 0 Å². The van der Waals surface area contributed by atoms with Gasteiger partial charge in [0.05, 0.1) is 5.52 Å². The average Bonchev–Trinajstić information content (AvgIpc) is 3.34. The number of rotatable bonds is 5. The highest BCUT2D eigenvalue weighted by atomic mass is 16.2. The molecule has 3 aromatic rings. The minimum Gasteiger partial charge on any atom is -0.369 e. The second-order valence-corrected chi connectivity index (χ2v) is 8.91. The molecule has 3 heterocycles. The molecule has 0 radical (unpaired) electrons. The van der Waals surface area contributed by atoms with Crippen molar-refractivity contribution in [3.8, 4) is 0 Å². The van der Waals surface area contributed by atoms with Gasteiger partial charge in [-0.2, -0.15) is 0 Å². The Labute approximate surface area is 194 Å². The Bertz CT molecular complexity index is 1150. The van der Waals surface area contributed by atoms with Crippen molar-refractivity contribution in [3.63, 3.8) is 0 Å². The molecule has 1 atom stereocenters. The summed E-state index contributed by atoms with van der Waals surface area (Å²) < 4.78 is 0. The number of para-hydroxylation sites is 1. The van der Waals surface area contributed by atoms with Gasteiger partial charge in [0.2, 0.25) is 11.9 Å². The molecule has 2 aromatic carbocycles. The lowest BCUT2D eigenvalue weighted by atomic mass is 9.96. The van der Waals surface area contributed by atoms with Crippen molar-refractivity contribution >= 4 is 34.1 Å². The van der Waals surface area contributed by atoms with Crippen LogP contribution in [0.3, 0.4) is 0 Å². The van der Waals surface area contributed by atoms with E-state index in [9.17, 15) is 4.79 Å². The van der Waals surface area contributed by atoms with Crippen molar-refractivity contribution in [1.82, 2.24) is 19.8 Å². The van der Waals surface area contributed by atoms with Crippen molar-refractivity contribution in [3.05, 3.63) is 66.9 Å². The third-order valence-corrected chi connectivity index (χ3v) is 6.75. The molecule has 0 aliphatic carbocycles. The van der Waals surface area contributed by atoms with E-state index in [2.05, 4.69) is 64.1 Å². The molecular formula is C26H30N6O. The van der Waals surface area contributed by atoms with Gasteiger partial charge < -0.3 is 20.0 Å². The number of likely N-dealkylation sites (tertiary alicyclic amines) is 1. The molecule has 33 heavy (non-hydrogen) atoms. The average molecular weight is 443 g/mol. The summed E-state index contributed by atoms with van der Waals surface area (Å²) in [6, 6.07) is 14.7. The number of fused-ring (bicyclic) bond motifs is 1. The molecule has 1 N–H and O–H groups in total. The quantitative estimate of drug-likeness (QED) is 0.609. The molecule has 5 rings (SSSR count). The van der Waals surface area contributed by atoms with Gasteiger partial charge in [-0.25, -0.2) is 9.97 Å². The number of anilines is 3. The first-order chi connectivity index (χ1) is 16.1. The summed E-state index contributed by atoms with van der Waals surface area (Å²) in [6.07, 6.45) is 4.19. The fourth-order valence-corrected chi connectivity index (χ4v) is 4.76. The summed E-state index contributed by atoms with van der Waals surface area (Å²) in [4.78, 5) is 28.1. The maximum atomic E-state index is 12.0. The third-order valence-electron chi connectivity index (χ3n) is 6.75. The first-order valence-corrected chi connectivity index (χ1v) is 11.6. The zero-order valence-electron chi connectivity index (χ0n) is 19.1. The lowest BCUT2D eigenvalue weighted by Crippen LogP contribution is -2.44. The van der Waals surface area contributed by atoms with Gasteiger partial charge in [-0.3, -0.25) is 4.79 Å². The van der Waals surface area contributed by atoms with E-state index in [0.29, 0.717) is 12.5 Å². The van der Waals surface area contributed by atoms with E-state index >= 15 is 0 Å². The second-order valence-electron chi connectivity index (χ2n) is 8.91. The van der Waals surface area contributed by atoms with Crippen LogP contribution in [0.15, 0.2) is 61.3 Å². The summed E-state index contributed by atoms with van der Waals surface area (Å²) in [5, 5.41) is 4.37. The third kappa shape index (κ3) is 4.54. The number of carbonyl (C=O) groups is 1. The SMILES string of the molecule is C=CC(=O)N1CC[C@@H](c2cccc3cnc(Nc4ccc(N5CCN(C)CC5)cc4)nc23)C1. The van der Waals surface area contributed by atoms with Crippen molar-refractivity contribution in [2.45, 2.75) is 12.3 Å². The predicted molar refractivity (Wildman–Crippen MR) is 133 cm³/mol. The molecule has 0 saturated carbocycles. The van der Waals surface area contributed by atoms with E-state index in [1.807, 2.05) is 23.2 Å². The van der Waals surface area contributed by atoms with Gasteiger partial charge in [0.25, 0.3) is 0 Å². The van der Waals surface area contributed by atoms with Crippen molar-refractivity contribution in [1.29, 1.82) is 0 Å². The number of piperazine rings is 1. The summed E-state index contributed by atoms with van der Waals surface area (Å²) in [5.41, 5.74) is 4.33. The van der Waals surface area contributed by atoms with Gasteiger partial charge in [-0.1, -0.05) is 24.8 Å². The normalized spacial score (nSPS) is 19.1. The molecule has 2 aliphatic heterocycles. The fourth-order valence-electron chi connectivity index (χ4n) is 4.76. The number of hydrogen-bond acceptors (Lipinski definition) is 6. The Balaban J connectivity index is 1.34. The molecule has 2 aliphatic rings. The molecule has 0 bridgehead atoms. The highest BCUT2D eigenvalue weighted by molar-refractivity contribution is 5.87. The van der Waals surface area contributed by atoms with Crippen LogP contribution < -0.4 is 10.2 Å². The number of benzene rings is 2. The van der Waals surface area contributed by atoms with Crippen LogP contribution in [-0.2, 0) is 4.79 Å². The Morgan fingerprint density at radius 2 is 1.88 bits per heavy atom. The lowest BCUT2D eigenvalue weighted by molar-refractivity contribution is -0.125. The minimum absolute atomic E-state index is 0.00487. The Kier molecular flexibility index (Phi) is 5.96. The van der Waals surface area contributed by atoms with E-state index in [1.165, 1.54) is 17.3 Å². The first-order valence-electron chi connectivity index (χ1n) is 11.6. The molecule has 7 nitrogen and oxygen atoms in total. The maximum absolute atomic E-state index is 12.0. The lowest BCUT2D eigenvalue weighted by Gasteiger charge is -2.34. The number of likely N-dealkylation sites (N-methyl/N-ethyl adjacent to an activating group) is 1. The van der Waals surface area contributed by atoms with Gasteiger partial charge in [-0.15, -0.1) is 0 Å². The molecule has 7 heteroatoms. The van der Waals surface area contributed by atoms with Crippen LogP contribution in [-0.4, -0.2) is 72.0 Å². The van der Waals surface area contributed by atoms with E-state index in [4.69, 9.17) is 4.98 Å². The monoisotopic (exact) mass is 442 g/mol. The molecule has 0 unspecified atom stereocenters. The number of nitrogens with zero attached hydrogens (tertiary/aromatic N) is 5. The number of aromatic nitrogens is 2. The number of amides is 1. The number of carbonyl (C=O) groups excluding carboxylic acids is 1. The molecule has 170 valence electrons. The number of hydrogen-bond donors (Lipinski definition) is 1.